The highest BCUT2D eigenvalue weighted by molar-refractivity contribution is 7.89. The zero-order chi connectivity index (χ0) is 17.0. The van der Waals surface area contributed by atoms with Gasteiger partial charge in [-0.1, -0.05) is 18.2 Å². The maximum absolute atomic E-state index is 13.4. The molecule has 7 heteroatoms. The molecule has 5 nitrogen and oxygen atoms in total. The first-order valence-electron chi connectivity index (χ1n) is 6.88. The number of rotatable bonds is 6. The molecule has 2 rings (SSSR count). The molecule has 1 N–H and O–H groups in total. The number of methoxy groups -OCH3 is 2. The summed E-state index contributed by atoms with van der Waals surface area (Å²) in [7, 11) is -1.13. The zero-order valence-electron chi connectivity index (χ0n) is 13.0. The van der Waals surface area contributed by atoms with Crippen LogP contribution in [-0.2, 0) is 10.0 Å². The van der Waals surface area contributed by atoms with Crippen LogP contribution in [0.2, 0.25) is 0 Å². The summed E-state index contributed by atoms with van der Waals surface area (Å²) in [5.41, 5.74) is 0.675. The number of sulfonamides is 1. The van der Waals surface area contributed by atoms with E-state index in [1.807, 2.05) is 0 Å². The normalized spacial score (nSPS) is 12.7. The molecule has 0 aliphatic carbocycles. The minimum Gasteiger partial charge on any atom is -0.496 e. The Bertz CT molecular complexity index is 792. The lowest BCUT2D eigenvalue weighted by atomic mass is 10.1. The first-order valence-corrected chi connectivity index (χ1v) is 8.36. The summed E-state index contributed by atoms with van der Waals surface area (Å²) >= 11 is 0. The third kappa shape index (κ3) is 3.80. The largest absolute Gasteiger partial charge is 0.496 e. The first kappa shape index (κ1) is 17.2. The van der Waals surface area contributed by atoms with Gasteiger partial charge in [0.2, 0.25) is 10.0 Å². The van der Waals surface area contributed by atoms with Crippen molar-refractivity contribution in [3.05, 3.63) is 53.8 Å². The maximum atomic E-state index is 13.4. The fraction of sp³-hybridized carbons (Fsp3) is 0.250. The molecule has 0 spiro atoms. The molecule has 0 bridgehead atoms. The van der Waals surface area contributed by atoms with Crippen LogP contribution in [0.25, 0.3) is 0 Å². The van der Waals surface area contributed by atoms with Crippen molar-refractivity contribution in [2.45, 2.75) is 17.9 Å². The Kier molecular flexibility index (Phi) is 5.23. The summed E-state index contributed by atoms with van der Waals surface area (Å²) in [4.78, 5) is -0.248. The van der Waals surface area contributed by atoms with Crippen LogP contribution in [0.15, 0.2) is 47.4 Å². The molecule has 0 aromatic heterocycles. The third-order valence-electron chi connectivity index (χ3n) is 3.35. The summed E-state index contributed by atoms with van der Waals surface area (Å²) in [5, 5.41) is 0. The number of nitrogens with one attached hydrogen (secondary N) is 1. The van der Waals surface area contributed by atoms with Gasteiger partial charge in [0.25, 0.3) is 0 Å². The Balaban J connectivity index is 2.36. The van der Waals surface area contributed by atoms with Crippen molar-refractivity contribution in [1.82, 2.24) is 4.72 Å². The van der Waals surface area contributed by atoms with E-state index in [0.29, 0.717) is 11.3 Å². The lowest BCUT2D eigenvalue weighted by molar-refractivity contribution is 0.399. The Hall–Kier alpha value is -2.12. The fourth-order valence-corrected chi connectivity index (χ4v) is 3.65. The molecule has 23 heavy (non-hydrogen) atoms. The summed E-state index contributed by atoms with van der Waals surface area (Å²) in [6.07, 6.45) is 0. The van der Waals surface area contributed by atoms with E-state index in [-0.39, 0.29) is 10.6 Å². The van der Waals surface area contributed by atoms with E-state index in [1.54, 1.807) is 31.2 Å². The predicted molar refractivity (Wildman–Crippen MR) is 84.7 cm³/mol. The second-order valence-electron chi connectivity index (χ2n) is 4.88. The van der Waals surface area contributed by atoms with Gasteiger partial charge in [-0.3, -0.25) is 0 Å². The highest BCUT2D eigenvalue weighted by Gasteiger charge is 2.24. The fourth-order valence-electron chi connectivity index (χ4n) is 2.24. The van der Waals surface area contributed by atoms with E-state index < -0.39 is 21.9 Å². The molecule has 0 amide bonds. The second kappa shape index (κ2) is 6.97. The van der Waals surface area contributed by atoms with E-state index >= 15 is 0 Å². The third-order valence-corrected chi connectivity index (χ3v) is 4.91. The van der Waals surface area contributed by atoms with Gasteiger partial charge in [0, 0.05) is 11.6 Å². The summed E-state index contributed by atoms with van der Waals surface area (Å²) in [5.74, 6) is -0.0175. The van der Waals surface area contributed by atoms with Gasteiger partial charge < -0.3 is 9.47 Å². The average Bonchev–Trinajstić information content (AvgIpc) is 2.54. The SMILES string of the molecule is COc1ccccc1[C@H](C)NS(=O)(=O)c1cc(F)ccc1OC. The monoisotopic (exact) mass is 339 g/mol. The summed E-state index contributed by atoms with van der Waals surface area (Å²) in [6, 6.07) is 9.85. The van der Waals surface area contributed by atoms with Gasteiger partial charge in [0.15, 0.2) is 0 Å². The summed E-state index contributed by atoms with van der Waals surface area (Å²) < 4.78 is 51.3. The topological polar surface area (TPSA) is 64.6 Å². The second-order valence-corrected chi connectivity index (χ2v) is 6.56. The molecule has 1 atom stereocenters. The molecule has 2 aromatic rings. The molecule has 0 aliphatic heterocycles. The number of para-hydroxylation sites is 1. The van der Waals surface area contributed by atoms with E-state index in [4.69, 9.17) is 9.47 Å². The van der Waals surface area contributed by atoms with Crippen molar-refractivity contribution in [3.8, 4) is 11.5 Å². The standard InChI is InChI=1S/C16H18FNO4S/c1-11(13-6-4-5-7-14(13)21-2)18-23(19,20)16-10-12(17)8-9-15(16)22-3/h4-11,18H,1-3H3/t11-/m0/s1. The van der Waals surface area contributed by atoms with Crippen molar-refractivity contribution in [2.75, 3.05) is 14.2 Å². The van der Waals surface area contributed by atoms with Gasteiger partial charge in [-0.15, -0.1) is 0 Å². The van der Waals surface area contributed by atoms with Crippen molar-refractivity contribution >= 4 is 10.0 Å². The van der Waals surface area contributed by atoms with E-state index in [2.05, 4.69) is 4.72 Å². The Morgan fingerprint density at radius 3 is 2.35 bits per heavy atom. The molecule has 0 saturated carbocycles. The maximum Gasteiger partial charge on any atom is 0.244 e. The van der Waals surface area contributed by atoms with Gasteiger partial charge in [0.1, 0.15) is 22.2 Å². The van der Waals surface area contributed by atoms with E-state index in [0.717, 1.165) is 12.1 Å². The molecular weight excluding hydrogens is 321 g/mol. The van der Waals surface area contributed by atoms with Crippen LogP contribution in [0.1, 0.15) is 18.5 Å². The molecule has 0 fully saturated rings. The van der Waals surface area contributed by atoms with Crippen LogP contribution >= 0.6 is 0 Å². The Morgan fingerprint density at radius 1 is 1.04 bits per heavy atom. The number of hydrogen-bond acceptors (Lipinski definition) is 4. The van der Waals surface area contributed by atoms with Crippen LogP contribution < -0.4 is 14.2 Å². The lowest BCUT2D eigenvalue weighted by Crippen LogP contribution is -2.27. The molecule has 124 valence electrons. The van der Waals surface area contributed by atoms with Crippen LogP contribution in [0.5, 0.6) is 11.5 Å². The van der Waals surface area contributed by atoms with Crippen molar-refractivity contribution < 1.29 is 22.3 Å². The molecule has 0 heterocycles. The van der Waals surface area contributed by atoms with Gasteiger partial charge in [-0.2, -0.15) is 0 Å². The van der Waals surface area contributed by atoms with Crippen LogP contribution in [0.4, 0.5) is 4.39 Å². The van der Waals surface area contributed by atoms with Gasteiger partial charge in [-0.25, -0.2) is 17.5 Å². The molecule has 0 radical (unpaired) electrons. The first-order chi connectivity index (χ1) is 10.9. The minimum atomic E-state index is -3.97. The molecule has 0 saturated heterocycles. The quantitative estimate of drug-likeness (QED) is 0.879. The molecular formula is C16H18FNO4S. The van der Waals surface area contributed by atoms with Crippen LogP contribution in [0, 0.1) is 5.82 Å². The molecule has 0 aliphatic rings. The summed E-state index contributed by atoms with van der Waals surface area (Å²) in [6.45, 7) is 1.68. The number of hydrogen-bond donors (Lipinski definition) is 1. The van der Waals surface area contributed by atoms with Crippen molar-refractivity contribution in [1.29, 1.82) is 0 Å². The highest BCUT2D eigenvalue weighted by Crippen LogP contribution is 2.29. The smallest absolute Gasteiger partial charge is 0.244 e. The van der Waals surface area contributed by atoms with Gasteiger partial charge in [-0.05, 0) is 31.2 Å². The number of ether oxygens (including phenoxy) is 2. The zero-order valence-corrected chi connectivity index (χ0v) is 13.9. The van der Waals surface area contributed by atoms with Crippen molar-refractivity contribution in [2.24, 2.45) is 0 Å². The van der Waals surface area contributed by atoms with Crippen LogP contribution in [-0.4, -0.2) is 22.6 Å². The average molecular weight is 339 g/mol. The van der Waals surface area contributed by atoms with Crippen molar-refractivity contribution in [3.63, 3.8) is 0 Å². The highest BCUT2D eigenvalue weighted by atomic mass is 32.2. The van der Waals surface area contributed by atoms with Crippen LogP contribution in [0.3, 0.4) is 0 Å². The lowest BCUT2D eigenvalue weighted by Gasteiger charge is -2.18. The minimum absolute atomic E-state index is 0.0751. The number of halogens is 1. The van der Waals surface area contributed by atoms with Gasteiger partial charge in [0.05, 0.1) is 14.2 Å². The van der Waals surface area contributed by atoms with Gasteiger partial charge >= 0.3 is 0 Å². The molecule has 0 unspecified atom stereocenters. The van der Waals surface area contributed by atoms with E-state index in [9.17, 15) is 12.8 Å². The Labute approximate surface area is 135 Å². The molecule has 2 aromatic carbocycles. The number of benzene rings is 2. The predicted octanol–water partition coefficient (Wildman–Crippen LogP) is 2.88. The van der Waals surface area contributed by atoms with E-state index in [1.165, 1.54) is 20.3 Å². The Morgan fingerprint density at radius 2 is 1.70 bits per heavy atom.